The van der Waals surface area contributed by atoms with E-state index in [2.05, 4.69) is 0 Å². The summed E-state index contributed by atoms with van der Waals surface area (Å²) < 4.78 is 16.1. The Morgan fingerprint density at radius 3 is 2.77 bits per heavy atom. The van der Waals surface area contributed by atoms with Gasteiger partial charge in [0.2, 0.25) is 0 Å². The second kappa shape index (κ2) is 8.03. The van der Waals surface area contributed by atoms with Crippen LogP contribution in [0.4, 0.5) is 0 Å². The maximum absolute atomic E-state index is 12.2. The first-order valence-electron chi connectivity index (χ1n) is 7.92. The number of esters is 1. The number of piperidine rings is 1. The lowest BCUT2D eigenvalue weighted by molar-refractivity contribution is -0.935. The first-order chi connectivity index (χ1) is 10.7. The molecule has 1 unspecified atom stereocenters. The molecular weight excluding hydrogens is 282 g/mol. The lowest BCUT2D eigenvalue weighted by Crippen LogP contribution is -3.16. The van der Waals surface area contributed by atoms with Gasteiger partial charge in [-0.2, -0.15) is 0 Å². The number of ether oxygens (including phenoxy) is 3. The highest BCUT2D eigenvalue weighted by Gasteiger charge is 2.34. The van der Waals surface area contributed by atoms with Gasteiger partial charge in [-0.15, -0.1) is 0 Å². The number of quaternary nitrogens is 1. The molecule has 0 spiro atoms. The standard InChI is InChI=1S/C17H25NO4/c1-4-22-17(19)14-9-5-6-11-18(14)12-13-8-7-10-15(20-2)16(13)21-3/h7-8,10,14H,4-6,9,11-12H2,1-3H3/p+1/t14-/m0/s1. The van der Waals surface area contributed by atoms with E-state index in [4.69, 9.17) is 14.2 Å². The van der Waals surface area contributed by atoms with Gasteiger partial charge in [0.05, 0.1) is 32.9 Å². The van der Waals surface area contributed by atoms with Gasteiger partial charge in [-0.1, -0.05) is 6.07 Å². The number of methoxy groups -OCH3 is 2. The van der Waals surface area contributed by atoms with Crippen molar-refractivity contribution in [2.75, 3.05) is 27.4 Å². The van der Waals surface area contributed by atoms with Crippen LogP contribution in [0.5, 0.6) is 11.5 Å². The van der Waals surface area contributed by atoms with Gasteiger partial charge in [0.1, 0.15) is 6.54 Å². The van der Waals surface area contributed by atoms with E-state index in [1.807, 2.05) is 25.1 Å². The fourth-order valence-corrected chi connectivity index (χ4v) is 3.16. The molecule has 1 aliphatic heterocycles. The molecule has 0 bridgehead atoms. The summed E-state index contributed by atoms with van der Waals surface area (Å²) in [6, 6.07) is 5.80. The summed E-state index contributed by atoms with van der Waals surface area (Å²) in [5.41, 5.74) is 1.06. The molecule has 1 aliphatic rings. The summed E-state index contributed by atoms with van der Waals surface area (Å²) in [6.07, 6.45) is 3.11. The number of carbonyl (C=O) groups is 1. The third kappa shape index (κ3) is 3.71. The molecule has 122 valence electrons. The van der Waals surface area contributed by atoms with Crippen molar-refractivity contribution < 1.29 is 23.9 Å². The number of hydrogen-bond acceptors (Lipinski definition) is 4. The highest BCUT2D eigenvalue weighted by atomic mass is 16.5. The zero-order valence-corrected chi connectivity index (χ0v) is 13.7. The van der Waals surface area contributed by atoms with Gasteiger partial charge in [0.15, 0.2) is 17.5 Å². The molecule has 0 amide bonds. The molecule has 0 aliphatic carbocycles. The molecule has 22 heavy (non-hydrogen) atoms. The van der Waals surface area contributed by atoms with E-state index in [1.54, 1.807) is 14.2 Å². The van der Waals surface area contributed by atoms with Crippen molar-refractivity contribution in [1.82, 2.24) is 0 Å². The minimum atomic E-state index is -0.0842. The summed E-state index contributed by atoms with van der Waals surface area (Å²) in [5, 5.41) is 0. The molecule has 5 nitrogen and oxygen atoms in total. The number of benzene rings is 1. The van der Waals surface area contributed by atoms with Crippen LogP contribution in [0.1, 0.15) is 31.7 Å². The lowest BCUT2D eigenvalue weighted by atomic mass is 10.0. The van der Waals surface area contributed by atoms with Gasteiger partial charge in [-0.25, -0.2) is 4.79 Å². The molecule has 2 rings (SSSR count). The van der Waals surface area contributed by atoms with E-state index in [0.717, 1.165) is 49.4 Å². The smallest absolute Gasteiger partial charge is 0.364 e. The first kappa shape index (κ1) is 16.6. The number of nitrogens with one attached hydrogen (secondary N) is 1. The number of rotatable bonds is 6. The lowest BCUT2D eigenvalue weighted by Gasteiger charge is -2.31. The van der Waals surface area contributed by atoms with E-state index in [-0.39, 0.29) is 12.0 Å². The highest BCUT2D eigenvalue weighted by molar-refractivity contribution is 5.74. The second-order valence-electron chi connectivity index (χ2n) is 5.54. The molecule has 1 fully saturated rings. The van der Waals surface area contributed by atoms with Gasteiger partial charge >= 0.3 is 5.97 Å². The van der Waals surface area contributed by atoms with E-state index in [9.17, 15) is 4.79 Å². The molecule has 1 saturated heterocycles. The molecule has 5 heteroatoms. The van der Waals surface area contributed by atoms with Crippen LogP contribution in [0, 0.1) is 0 Å². The van der Waals surface area contributed by atoms with Crippen LogP contribution in [0.15, 0.2) is 18.2 Å². The summed E-state index contributed by atoms with van der Waals surface area (Å²) >= 11 is 0. The quantitative estimate of drug-likeness (QED) is 0.803. The Bertz CT molecular complexity index is 503. The molecule has 0 aromatic heterocycles. The summed E-state index contributed by atoms with van der Waals surface area (Å²) in [5.74, 6) is 1.40. The fraction of sp³-hybridized carbons (Fsp3) is 0.588. The van der Waals surface area contributed by atoms with Crippen LogP contribution >= 0.6 is 0 Å². The summed E-state index contributed by atoms with van der Waals surface area (Å²) in [6.45, 7) is 4.00. The Morgan fingerprint density at radius 2 is 2.09 bits per heavy atom. The van der Waals surface area contributed by atoms with Crippen molar-refractivity contribution in [3.63, 3.8) is 0 Å². The van der Waals surface area contributed by atoms with Crippen molar-refractivity contribution in [3.05, 3.63) is 23.8 Å². The number of para-hydroxylation sites is 1. The number of likely N-dealkylation sites (tertiary alicyclic amines) is 1. The summed E-state index contributed by atoms with van der Waals surface area (Å²) in [4.78, 5) is 13.4. The first-order valence-corrected chi connectivity index (χ1v) is 7.92. The third-order valence-electron chi connectivity index (χ3n) is 4.21. The number of hydrogen-bond donors (Lipinski definition) is 1. The number of carbonyl (C=O) groups excluding carboxylic acids is 1. The van der Waals surface area contributed by atoms with Crippen LogP contribution in [0.3, 0.4) is 0 Å². The Kier molecular flexibility index (Phi) is 6.07. The fourth-order valence-electron chi connectivity index (χ4n) is 3.16. The maximum atomic E-state index is 12.2. The SMILES string of the molecule is CCOC(=O)[C@@H]1CCCC[NH+]1Cc1cccc(OC)c1OC. The largest absolute Gasteiger partial charge is 0.493 e. The Morgan fingerprint density at radius 1 is 1.27 bits per heavy atom. The molecule has 1 aromatic carbocycles. The van der Waals surface area contributed by atoms with Gasteiger partial charge in [0.25, 0.3) is 0 Å². The predicted molar refractivity (Wildman–Crippen MR) is 83.4 cm³/mol. The van der Waals surface area contributed by atoms with E-state index in [0.29, 0.717) is 6.61 Å². The third-order valence-corrected chi connectivity index (χ3v) is 4.21. The monoisotopic (exact) mass is 308 g/mol. The predicted octanol–water partition coefficient (Wildman–Crippen LogP) is 1.20. The molecule has 1 heterocycles. The van der Waals surface area contributed by atoms with E-state index >= 15 is 0 Å². The zero-order chi connectivity index (χ0) is 15.9. The molecule has 1 N–H and O–H groups in total. The highest BCUT2D eigenvalue weighted by Crippen LogP contribution is 2.30. The minimum absolute atomic E-state index is 0.0791. The van der Waals surface area contributed by atoms with E-state index < -0.39 is 0 Å². The van der Waals surface area contributed by atoms with Crippen molar-refractivity contribution in [2.45, 2.75) is 38.8 Å². The molecule has 0 saturated carbocycles. The van der Waals surface area contributed by atoms with Gasteiger partial charge in [-0.3, -0.25) is 0 Å². The van der Waals surface area contributed by atoms with Crippen LogP contribution in [-0.2, 0) is 16.1 Å². The zero-order valence-electron chi connectivity index (χ0n) is 13.7. The van der Waals surface area contributed by atoms with Gasteiger partial charge in [0, 0.05) is 6.42 Å². The Labute approximate surface area is 132 Å². The van der Waals surface area contributed by atoms with E-state index in [1.165, 1.54) is 4.90 Å². The molecular formula is C17H26NO4+. The minimum Gasteiger partial charge on any atom is -0.493 e. The van der Waals surface area contributed by atoms with Crippen molar-refractivity contribution in [2.24, 2.45) is 0 Å². The van der Waals surface area contributed by atoms with Crippen LogP contribution in [-0.4, -0.2) is 39.4 Å². The topological polar surface area (TPSA) is 49.2 Å². The maximum Gasteiger partial charge on any atom is 0.364 e. The Hall–Kier alpha value is -1.75. The van der Waals surface area contributed by atoms with Crippen molar-refractivity contribution >= 4 is 5.97 Å². The molecule has 0 radical (unpaired) electrons. The Balaban J connectivity index is 2.18. The van der Waals surface area contributed by atoms with Crippen molar-refractivity contribution in [1.29, 1.82) is 0 Å². The van der Waals surface area contributed by atoms with Crippen LogP contribution < -0.4 is 14.4 Å². The van der Waals surface area contributed by atoms with Gasteiger partial charge < -0.3 is 19.1 Å². The molecule has 1 aromatic rings. The second-order valence-corrected chi connectivity index (χ2v) is 5.54. The van der Waals surface area contributed by atoms with Crippen molar-refractivity contribution in [3.8, 4) is 11.5 Å². The molecule has 2 atom stereocenters. The summed E-state index contributed by atoms with van der Waals surface area (Å²) in [7, 11) is 3.28. The van der Waals surface area contributed by atoms with Gasteiger partial charge in [-0.05, 0) is 31.9 Å². The average molecular weight is 308 g/mol. The average Bonchev–Trinajstić information content (AvgIpc) is 2.55. The van der Waals surface area contributed by atoms with Crippen LogP contribution in [0.25, 0.3) is 0 Å². The van der Waals surface area contributed by atoms with Crippen LogP contribution in [0.2, 0.25) is 0 Å². The normalized spacial score (nSPS) is 21.2.